The van der Waals surface area contributed by atoms with Crippen molar-refractivity contribution in [1.29, 1.82) is 0 Å². The van der Waals surface area contributed by atoms with E-state index in [1.165, 1.54) is 0 Å². The van der Waals surface area contributed by atoms with Crippen LogP contribution in [0.3, 0.4) is 0 Å². The lowest BCUT2D eigenvalue weighted by Gasteiger charge is -2.29. The molecule has 19 heavy (non-hydrogen) atoms. The zero-order valence-electron chi connectivity index (χ0n) is 10.1. The van der Waals surface area contributed by atoms with E-state index < -0.39 is 0 Å². The summed E-state index contributed by atoms with van der Waals surface area (Å²) in [5.74, 6) is 1.31. The van der Waals surface area contributed by atoms with Crippen molar-refractivity contribution in [2.75, 3.05) is 11.6 Å². The lowest BCUT2D eigenvalue weighted by atomic mass is 10.2. The monoisotopic (exact) mass is 291 g/mol. The minimum absolute atomic E-state index is 0.145. The number of hydrogen-bond acceptors (Lipinski definition) is 3. The van der Waals surface area contributed by atoms with E-state index in [1.54, 1.807) is 24.2 Å². The smallest absolute Gasteiger partial charge is 0.258 e. The Balaban J connectivity index is 2.25. The molecule has 3 nitrogen and oxygen atoms in total. The summed E-state index contributed by atoms with van der Waals surface area (Å²) in [7, 11) is 0. The van der Waals surface area contributed by atoms with E-state index in [0.29, 0.717) is 16.7 Å². The number of pyridine rings is 1. The Morgan fingerprint density at radius 2 is 2.05 bits per heavy atom. The Morgan fingerprint density at radius 1 is 1.21 bits per heavy atom. The summed E-state index contributed by atoms with van der Waals surface area (Å²) in [6.45, 7) is 0. The predicted octanol–water partition coefficient (Wildman–Crippen LogP) is 3.60. The van der Waals surface area contributed by atoms with Gasteiger partial charge in [0, 0.05) is 18.3 Å². The van der Waals surface area contributed by atoms with Gasteiger partial charge in [-0.05, 0) is 12.1 Å². The van der Waals surface area contributed by atoms with Gasteiger partial charge in [-0.25, -0.2) is 4.79 Å². The number of halogens is 1. The van der Waals surface area contributed by atoms with Gasteiger partial charge < -0.3 is 0 Å². The first-order valence-corrected chi connectivity index (χ1v) is 7.43. The van der Waals surface area contributed by atoms with Gasteiger partial charge in [0.05, 0.1) is 6.20 Å². The largest absolute Gasteiger partial charge is 0.334 e. The van der Waals surface area contributed by atoms with E-state index in [2.05, 4.69) is 4.98 Å². The molecule has 3 rings (SSSR count). The van der Waals surface area contributed by atoms with Gasteiger partial charge in [-0.3, -0.25) is 4.98 Å². The molecule has 0 radical (unpaired) electrons. The minimum atomic E-state index is 0.145. The van der Waals surface area contributed by atoms with Crippen molar-refractivity contribution in [1.82, 2.24) is 9.47 Å². The molecule has 1 aliphatic rings. The quantitative estimate of drug-likeness (QED) is 0.792. The summed E-state index contributed by atoms with van der Waals surface area (Å²) in [6.07, 6.45) is 3.45. The molecule has 1 unspecified atom stereocenters. The molecule has 1 amide bonds. The molecule has 2 heterocycles. The maximum atomic E-state index is 12.5. The molecule has 0 saturated carbocycles. The van der Waals surface area contributed by atoms with Crippen LogP contribution in [-0.4, -0.2) is 22.5 Å². The number of para-hydroxylation sites is 1. The molecule has 1 atom stereocenters. The summed E-state index contributed by atoms with van der Waals surface area (Å²) >= 11 is 7.94. The molecule has 5 heteroatoms. The minimum Gasteiger partial charge on any atom is -0.258 e. The third kappa shape index (κ3) is 1.96. The first-order chi connectivity index (χ1) is 9.25. The van der Waals surface area contributed by atoms with E-state index in [1.807, 2.05) is 36.4 Å². The highest BCUT2D eigenvalue weighted by atomic mass is 35.5. The molecule has 1 fully saturated rings. The second-order valence-corrected chi connectivity index (χ2v) is 5.71. The number of amides is 1. The third-order valence-corrected chi connectivity index (χ3v) is 4.63. The number of carbonyl (C=O) groups is 1. The van der Waals surface area contributed by atoms with Crippen LogP contribution in [0.4, 0.5) is 11.4 Å². The highest BCUT2D eigenvalue weighted by Gasteiger charge is 2.47. The fourth-order valence-corrected chi connectivity index (χ4v) is 3.83. The fourth-order valence-electron chi connectivity index (χ4n) is 2.35. The molecule has 2 aromatic rings. The number of hydrogen-bond donors (Lipinski definition) is 0. The number of nitrogens with zero attached hydrogens (tertiary/aromatic N) is 2. The SMILES string of the molecule is O=C1CSC[N+]1(c1cccnc1)c1ccccc1Cl. The van der Waals surface area contributed by atoms with E-state index in [9.17, 15) is 4.79 Å². The molecule has 96 valence electrons. The number of benzene rings is 1. The summed E-state index contributed by atoms with van der Waals surface area (Å²) in [4.78, 5) is 16.7. The molecule has 1 aromatic heterocycles. The molecule has 0 N–H and O–H groups in total. The maximum Gasteiger partial charge on any atom is 0.334 e. The van der Waals surface area contributed by atoms with Gasteiger partial charge in [0.2, 0.25) is 0 Å². The highest BCUT2D eigenvalue weighted by molar-refractivity contribution is 8.00. The first kappa shape index (κ1) is 12.7. The number of thioether (sulfide) groups is 1. The molecule has 0 bridgehead atoms. The maximum absolute atomic E-state index is 12.5. The lowest BCUT2D eigenvalue weighted by Crippen LogP contribution is -2.46. The van der Waals surface area contributed by atoms with Crippen LogP contribution in [0.5, 0.6) is 0 Å². The Labute approximate surface area is 120 Å². The van der Waals surface area contributed by atoms with E-state index in [0.717, 1.165) is 11.4 Å². The third-order valence-electron chi connectivity index (χ3n) is 3.29. The summed E-state index contributed by atoms with van der Waals surface area (Å²) in [5.41, 5.74) is 1.69. The highest BCUT2D eigenvalue weighted by Crippen LogP contribution is 2.44. The average molecular weight is 292 g/mol. The van der Waals surface area contributed by atoms with Crippen molar-refractivity contribution in [2.24, 2.45) is 0 Å². The first-order valence-electron chi connectivity index (χ1n) is 5.90. The van der Waals surface area contributed by atoms with Crippen LogP contribution in [-0.2, 0) is 4.79 Å². The molecule has 1 aromatic carbocycles. The van der Waals surface area contributed by atoms with Gasteiger partial charge in [-0.15, -0.1) is 0 Å². The zero-order valence-corrected chi connectivity index (χ0v) is 11.7. The van der Waals surface area contributed by atoms with E-state index in [-0.39, 0.29) is 10.4 Å². The van der Waals surface area contributed by atoms with Crippen LogP contribution >= 0.6 is 23.4 Å². The second-order valence-electron chi connectivity index (χ2n) is 4.34. The van der Waals surface area contributed by atoms with E-state index >= 15 is 0 Å². The van der Waals surface area contributed by atoms with Crippen LogP contribution in [0, 0.1) is 0 Å². The van der Waals surface area contributed by atoms with Crippen LogP contribution < -0.4 is 4.48 Å². The molecular formula is C14H12ClN2OS+. The molecule has 0 aliphatic carbocycles. The summed E-state index contributed by atoms with van der Waals surface area (Å²) in [5, 5.41) is 0.613. The Hall–Kier alpha value is -1.36. The predicted molar refractivity (Wildman–Crippen MR) is 79.5 cm³/mol. The van der Waals surface area contributed by atoms with Crippen molar-refractivity contribution < 1.29 is 4.79 Å². The van der Waals surface area contributed by atoms with Gasteiger partial charge in [-0.1, -0.05) is 35.5 Å². The average Bonchev–Trinajstić information content (AvgIpc) is 2.83. The normalized spacial score (nSPS) is 22.7. The standard InChI is InChI=1S/C14H12ClN2OS/c15-12-5-1-2-6-13(12)17(10-19-9-14(17)18)11-4-3-7-16-8-11/h1-8H,9-10H2/q+1. The van der Waals surface area contributed by atoms with Crippen molar-refractivity contribution in [3.63, 3.8) is 0 Å². The molecule has 0 spiro atoms. The van der Waals surface area contributed by atoms with Crippen LogP contribution in [0.1, 0.15) is 0 Å². The van der Waals surface area contributed by atoms with Gasteiger partial charge in [0.15, 0.2) is 11.4 Å². The van der Waals surface area contributed by atoms with Crippen molar-refractivity contribution in [3.05, 3.63) is 53.8 Å². The van der Waals surface area contributed by atoms with Crippen molar-refractivity contribution >= 4 is 40.6 Å². The number of aromatic nitrogens is 1. The second kappa shape index (κ2) is 4.96. The lowest BCUT2D eigenvalue weighted by molar-refractivity contribution is -0.123. The van der Waals surface area contributed by atoms with Gasteiger partial charge in [-0.2, -0.15) is 4.48 Å². The number of carbonyl (C=O) groups excluding carboxylic acids is 1. The van der Waals surface area contributed by atoms with Crippen LogP contribution in [0.25, 0.3) is 0 Å². The van der Waals surface area contributed by atoms with Crippen LogP contribution in [0.2, 0.25) is 5.02 Å². The molecule has 1 saturated heterocycles. The Bertz CT molecular complexity index is 620. The van der Waals surface area contributed by atoms with Gasteiger partial charge in [0.1, 0.15) is 16.7 Å². The fraction of sp³-hybridized carbons (Fsp3) is 0.143. The number of rotatable bonds is 2. The molecule has 1 aliphatic heterocycles. The molecular weight excluding hydrogens is 280 g/mol. The zero-order chi connectivity index (χ0) is 13.3. The van der Waals surface area contributed by atoms with Crippen molar-refractivity contribution in [2.45, 2.75) is 0 Å². The number of quaternary nitrogens is 1. The van der Waals surface area contributed by atoms with Gasteiger partial charge >= 0.3 is 5.91 Å². The van der Waals surface area contributed by atoms with Crippen molar-refractivity contribution in [3.8, 4) is 0 Å². The summed E-state index contributed by atoms with van der Waals surface area (Å²) < 4.78 is 0.151. The topological polar surface area (TPSA) is 30.0 Å². The van der Waals surface area contributed by atoms with Gasteiger partial charge in [0.25, 0.3) is 0 Å². The van der Waals surface area contributed by atoms with Crippen LogP contribution in [0.15, 0.2) is 48.8 Å². The van der Waals surface area contributed by atoms with E-state index in [4.69, 9.17) is 11.6 Å². The summed E-state index contributed by atoms with van der Waals surface area (Å²) in [6, 6.07) is 11.3. The Kier molecular flexibility index (Phi) is 3.31. The Morgan fingerprint density at radius 3 is 2.68 bits per heavy atom.